The van der Waals surface area contributed by atoms with Crippen LogP contribution in [0.25, 0.3) is 5.69 Å². The highest BCUT2D eigenvalue weighted by atomic mass is 35.5. The topological polar surface area (TPSA) is 78.9 Å². The zero-order chi connectivity index (χ0) is 21.6. The number of halogens is 1. The molecule has 0 aliphatic carbocycles. The monoisotopic (exact) mass is 440 g/mol. The van der Waals surface area contributed by atoms with Crippen molar-refractivity contribution in [1.82, 2.24) is 24.9 Å². The van der Waals surface area contributed by atoms with Gasteiger partial charge in [-0.25, -0.2) is 9.67 Å². The fraction of sp³-hybridized carbons (Fsp3) is 0.318. The Balaban J connectivity index is 1.38. The van der Waals surface area contributed by atoms with Crippen LogP contribution in [0.2, 0.25) is 5.02 Å². The molecule has 2 aromatic heterocycles. The number of guanidine groups is 1. The van der Waals surface area contributed by atoms with Crippen LogP contribution in [0, 0.1) is 0 Å². The predicted molar refractivity (Wildman–Crippen MR) is 120 cm³/mol. The number of furan rings is 1. The molecule has 0 spiro atoms. The van der Waals surface area contributed by atoms with Gasteiger partial charge >= 0.3 is 0 Å². The van der Waals surface area contributed by atoms with Gasteiger partial charge in [-0.3, -0.25) is 4.79 Å². The Morgan fingerprint density at radius 1 is 1.16 bits per heavy atom. The standard InChI is InChI=1S/C22H25ClN6O2/c1-2-24-22(28-11-9-27(10-12-28)21(30)20-4-3-13-31-20)25-14-17-15-26-29(16-17)19-7-5-18(23)6-8-19/h3-8,13,15-16H,2,9-12,14H2,1H3,(H,24,25). The minimum absolute atomic E-state index is 0.0683. The Morgan fingerprint density at radius 3 is 2.58 bits per heavy atom. The molecule has 9 heteroatoms. The van der Waals surface area contributed by atoms with Crippen molar-refractivity contribution in [3.05, 3.63) is 71.4 Å². The summed E-state index contributed by atoms with van der Waals surface area (Å²) in [5.74, 6) is 1.15. The number of carbonyl (C=O) groups is 1. The third kappa shape index (κ3) is 5.08. The highest BCUT2D eigenvalue weighted by Crippen LogP contribution is 2.14. The van der Waals surface area contributed by atoms with E-state index < -0.39 is 0 Å². The second-order valence-electron chi connectivity index (χ2n) is 7.20. The molecule has 3 aromatic rings. The maximum absolute atomic E-state index is 12.5. The van der Waals surface area contributed by atoms with Crippen LogP contribution in [0.1, 0.15) is 23.0 Å². The third-order valence-electron chi connectivity index (χ3n) is 5.07. The van der Waals surface area contributed by atoms with Gasteiger partial charge in [-0.2, -0.15) is 5.10 Å². The van der Waals surface area contributed by atoms with Gasteiger partial charge in [0.1, 0.15) is 0 Å². The molecule has 1 aliphatic heterocycles. The number of amides is 1. The van der Waals surface area contributed by atoms with Crippen LogP contribution >= 0.6 is 11.6 Å². The summed E-state index contributed by atoms with van der Waals surface area (Å²) >= 11 is 5.96. The molecule has 0 unspecified atom stereocenters. The Bertz CT molecular complexity index is 1020. The van der Waals surface area contributed by atoms with Crippen molar-refractivity contribution in [3.63, 3.8) is 0 Å². The summed E-state index contributed by atoms with van der Waals surface area (Å²) in [5.41, 5.74) is 1.96. The number of nitrogens with zero attached hydrogens (tertiary/aromatic N) is 5. The molecule has 0 atom stereocenters. The van der Waals surface area contributed by atoms with Gasteiger partial charge in [-0.1, -0.05) is 11.6 Å². The number of aliphatic imine (C=N–C) groups is 1. The zero-order valence-corrected chi connectivity index (χ0v) is 18.1. The Hall–Kier alpha value is -3.26. The number of aromatic nitrogens is 2. The van der Waals surface area contributed by atoms with Crippen molar-refractivity contribution >= 4 is 23.5 Å². The summed E-state index contributed by atoms with van der Waals surface area (Å²) in [7, 11) is 0. The maximum Gasteiger partial charge on any atom is 0.289 e. The van der Waals surface area contributed by atoms with E-state index in [0.29, 0.717) is 43.5 Å². The van der Waals surface area contributed by atoms with Crippen LogP contribution in [-0.2, 0) is 6.54 Å². The first kappa shape index (κ1) is 21.0. The Morgan fingerprint density at radius 2 is 1.90 bits per heavy atom. The number of nitrogens with one attached hydrogen (secondary N) is 1. The van der Waals surface area contributed by atoms with Crippen LogP contribution in [0.5, 0.6) is 0 Å². The van der Waals surface area contributed by atoms with Gasteiger partial charge in [0.2, 0.25) is 0 Å². The van der Waals surface area contributed by atoms with Crippen LogP contribution in [0.3, 0.4) is 0 Å². The van der Waals surface area contributed by atoms with E-state index in [2.05, 4.69) is 15.3 Å². The predicted octanol–water partition coefficient (Wildman–Crippen LogP) is 3.04. The first-order valence-corrected chi connectivity index (χ1v) is 10.7. The summed E-state index contributed by atoms with van der Waals surface area (Å²) in [5, 5.41) is 8.47. The molecule has 162 valence electrons. The van der Waals surface area contributed by atoms with Gasteiger partial charge in [-0.15, -0.1) is 0 Å². The van der Waals surface area contributed by atoms with Gasteiger partial charge in [0.15, 0.2) is 11.7 Å². The van der Waals surface area contributed by atoms with E-state index in [1.54, 1.807) is 12.1 Å². The van der Waals surface area contributed by atoms with Crippen molar-refractivity contribution in [2.24, 2.45) is 4.99 Å². The number of piperazine rings is 1. The highest BCUT2D eigenvalue weighted by Gasteiger charge is 2.25. The van der Waals surface area contributed by atoms with E-state index in [1.807, 2.05) is 53.2 Å². The molecule has 1 aromatic carbocycles. The summed E-state index contributed by atoms with van der Waals surface area (Å²) in [4.78, 5) is 21.2. The molecule has 0 radical (unpaired) electrons. The third-order valence-corrected chi connectivity index (χ3v) is 5.32. The fourth-order valence-electron chi connectivity index (χ4n) is 3.45. The molecule has 1 aliphatic rings. The smallest absolute Gasteiger partial charge is 0.289 e. The highest BCUT2D eigenvalue weighted by molar-refractivity contribution is 6.30. The van der Waals surface area contributed by atoms with Crippen LogP contribution in [-0.4, -0.2) is 64.2 Å². The summed E-state index contributed by atoms with van der Waals surface area (Å²) < 4.78 is 7.05. The fourth-order valence-corrected chi connectivity index (χ4v) is 3.57. The molecular weight excluding hydrogens is 416 g/mol. The molecule has 31 heavy (non-hydrogen) atoms. The van der Waals surface area contributed by atoms with Crippen molar-refractivity contribution in [2.45, 2.75) is 13.5 Å². The average molecular weight is 441 g/mol. The molecule has 1 amide bonds. The van der Waals surface area contributed by atoms with Gasteiger partial charge < -0.3 is 19.5 Å². The lowest BCUT2D eigenvalue weighted by Gasteiger charge is -2.36. The number of carbonyl (C=O) groups excluding carboxylic acids is 1. The first-order chi connectivity index (χ1) is 15.1. The molecule has 3 heterocycles. The maximum atomic E-state index is 12.5. The summed E-state index contributed by atoms with van der Waals surface area (Å²) in [6.45, 7) is 6.00. The van der Waals surface area contributed by atoms with Gasteiger partial charge in [0.25, 0.3) is 5.91 Å². The van der Waals surface area contributed by atoms with Gasteiger partial charge in [0, 0.05) is 49.5 Å². The number of hydrogen-bond acceptors (Lipinski definition) is 4. The lowest BCUT2D eigenvalue weighted by atomic mass is 10.3. The lowest BCUT2D eigenvalue weighted by molar-refractivity contribution is 0.0657. The van der Waals surface area contributed by atoms with Crippen molar-refractivity contribution in [1.29, 1.82) is 0 Å². The van der Waals surface area contributed by atoms with E-state index >= 15 is 0 Å². The minimum Gasteiger partial charge on any atom is -0.459 e. The normalized spacial score (nSPS) is 14.7. The van der Waals surface area contributed by atoms with Crippen molar-refractivity contribution in [2.75, 3.05) is 32.7 Å². The average Bonchev–Trinajstić information content (AvgIpc) is 3.49. The largest absolute Gasteiger partial charge is 0.459 e. The second-order valence-corrected chi connectivity index (χ2v) is 7.63. The van der Waals surface area contributed by atoms with Crippen LogP contribution in [0.4, 0.5) is 0 Å². The molecule has 1 saturated heterocycles. The van der Waals surface area contributed by atoms with Gasteiger partial charge in [-0.05, 0) is 43.3 Å². The minimum atomic E-state index is -0.0683. The lowest BCUT2D eigenvalue weighted by Crippen LogP contribution is -2.53. The number of hydrogen-bond donors (Lipinski definition) is 1. The molecule has 8 nitrogen and oxygen atoms in total. The zero-order valence-electron chi connectivity index (χ0n) is 17.4. The van der Waals surface area contributed by atoms with Crippen LogP contribution < -0.4 is 5.32 Å². The first-order valence-electron chi connectivity index (χ1n) is 10.3. The van der Waals surface area contributed by atoms with Gasteiger partial charge in [0.05, 0.1) is 24.7 Å². The number of benzene rings is 1. The van der Waals surface area contributed by atoms with Crippen molar-refractivity contribution < 1.29 is 9.21 Å². The Labute approximate surface area is 186 Å². The summed E-state index contributed by atoms with van der Waals surface area (Å²) in [6, 6.07) is 11.0. The van der Waals surface area contributed by atoms with E-state index in [9.17, 15) is 4.79 Å². The van der Waals surface area contributed by atoms with Crippen molar-refractivity contribution in [3.8, 4) is 5.69 Å². The van der Waals surface area contributed by atoms with E-state index in [1.165, 1.54) is 6.26 Å². The molecule has 1 N–H and O–H groups in total. The van der Waals surface area contributed by atoms with E-state index in [0.717, 1.165) is 23.8 Å². The molecule has 0 bridgehead atoms. The van der Waals surface area contributed by atoms with Crippen LogP contribution in [0.15, 0.2) is 64.5 Å². The summed E-state index contributed by atoms with van der Waals surface area (Å²) in [6.07, 6.45) is 5.31. The van der Waals surface area contributed by atoms with E-state index in [4.69, 9.17) is 21.0 Å². The molecule has 1 fully saturated rings. The second kappa shape index (κ2) is 9.70. The Kier molecular flexibility index (Phi) is 6.57. The molecule has 4 rings (SSSR count). The number of rotatable bonds is 5. The molecular formula is C22H25ClN6O2. The SMILES string of the molecule is CCNC(=NCc1cnn(-c2ccc(Cl)cc2)c1)N1CCN(C(=O)c2ccco2)CC1. The molecule has 0 saturated carbocycles. The van der Waals surface area contributed by atoms with E-state index in [-0.39, 0.29) is 5.91 Å². The quantitative estimate of drug-likeness (QED) is 0.487.